The molecule has 0 bridgehead atoms. The van der Waals surface area contributed by atoms with E-state index in [1.165, 1.54) is 5.39 Å². The molecule has 1 N–H and O–H groups in total. The van der Waals surface area contributed by atoms with Crippen LogP contribution in [0.1, 0.15) is 26.7 Å². The molecule has 20 heavy (non-hydrogen) atoms. The number of nitrogens with zero attached hydrogens (tertiary/aromatic N) is 1. The number of anilines is 1. The molecule has 106 valence electrons. The van der Waals surface area contributed by atoms with Crippen LogP contribution in [0.4, 0.5) is 5.69 Å². The Labute approximate surface area is 120 Å². The molecule has 1 aliphatic rings. The number of hydrogen-bond donors (Lipinski definition) is 1. The fourth-order valence-electron chi connectivity index (χ4n) is 2.86. The van der Waals surface area contributed by atoms with Crippen LogP contribution in [0.3, 0.4) is 0 Å². The second-order valence-corrected chi connectivity index (χ2v) is 5.90. The first kappa shape index (κ1) is 13.4. The zero-order chi connectivity index (χ0) is 13.9. The molecule has 2 aromatic rings. The molecule has 1 fully saturated rings. The SMILES string of the molecule is CC(C)C1CC(Nc2cccc3cccnc23)CCO1. The van der Waals surface area contributed by atoms with E-state index in [-0.39, 0.29) is 0 Å². The number of hydrogen-bond acceptors (Lipinski definition) is 3. The van der Waals surface area contributed by atoms with Crippen molar-refractivity contribution in [3.63, 3.8) is 0 Å². The van der Waals surface area contributed by atoms with Gasteiger partial charge in [-0.2, -0.15) is 0 Å². The Balaban J connectivity index is 1.79. The van der Waals surface area contributed by atoms with E-state index in [0.717, 1.165) is 30.7 Å². The van der Waals surface area contributed by atoms with Crippen molar-refractivity contribution in [2.24, 2.45) is 5.92 Å². The highest BCUT2D eigenvalue weighted by atomic mass is 16.5. The Bertz CT molecular complexity index is 577. The maximum atomic E-state index is 5.84. The molecule has 0 aliphatic carbocycles. The highest BCUT2D eigenvalue weighted by Crippen LogP contribution is 2.26. The molecular weight excluding hydrogens is 248 g/mol. The van der Waals surface area contributed by atoms with Crippen molar-refractivity contribution in [2.45, 2.75) is 38.8 Å². The average Bonchev–Trinajstić information content (AvgIpc) is 2.48. The van der Waals surface area contributed by atoms with Crippen molar-refractivity contribution in [3.05, 3.63) is 36.5 Å². The Kier molecular flexibility index (Phi) is 3.88. The molecule has 1 aromatic carbocycles. The summed E-state index contributed by atoms with van der Waals surface area (Å²) in [6.07, 6.45) is 4.35. The molecular formula is C17H22N2O. The normalized spacial score (nSPS) is 23.1. The quantitative estimate of drug-likeness (QED) is 0.920. The standard InChI is InChI=1S/C17H22N2O/c1-12(2)16-11-14(8-10-20-16)19-15-7-3-5-13-6-4-9-18-17(13)15/h3-7,9,12,14,16,19H,8,10-11H2,1-2H3. The Morgan fingerprint density at radius 2 is 2.10 bits per heavy atom. The molecule has 2 atom stereocenters. The van der Waals surface area contributed by atoms with Gasteiger partial charge in [0.05, 0.1) is 17.3 Å². The molecule has 3 heteroatoms. The zero-order valence-electron chi connectivity index (χ0n) is 12.2. The summed E-state index contributed by atoms with van der Waals surface area (Å²) in [4.78, 5) is 4.51. The molecule has 0 spiro atoms. The third-order valence-electron chi connectivity index (χ3n) is 4.05. The van der Waals surface area contributed by atoms with E-state index in [4.69, 9.17) is 4.74 Å². The second kappa shape index (κ2) is 5.80. The summed E-state index contributed by atoms with van der Waals surface area (Å²) in [6.45, 7) is 5.30. The largest absolute Gasteiger partial charge is 0.380 e. The van der Waals surface area contributed by atoms with Gasteiger partial charge in [-0.05, 0) is 30.9 Å². The van der Waals surface area contributed by atoms with Gasteiger partial charge in [-0.15, -0.1) is 0 Å². The Hall–Kier alpha value is -1.61. The smallest absolute Gasteiger partial charge is 0.0933 e. The molecule has 2 heterocycles. The minimum atomic E-state index is 0.365. The van der Waals surface area contributed by atoms with Crippen LogP contribution in [0, 0.1) is 5.92 Å². The van der Waals surface area contributed by atoms with Crippen LogP contribution >= 0.6 is 0 Å². The minimum Gasteiger partial charge on any atom is -0.380 e. The molecule has 0 radical (unpaired) electrons. The monoisotopic (exact) mass is 270 g/mol. The summed E-state index contributed by atoms with van der Waals surface area (Å²) < 4.78 is 5.84. The lowest BCUT2D eigenvalue weighted by atomic mass is 9.95. The first-order chi connectivity index (χ1) is 9.74. The van der Waals surface area contributed by atoms with E-state index in [0.29, 0.717) is 18.1 Å². The van der Waals surface area contributed by atoms with Gasteiger partial charge in [0.2, 0.25) is 0 Å². The maximum Gasteiger partial charge on any atom is 0.0933 e. The average molecular weight is 270 g/mol. The van der Waals surface area contributed by atoms with Gasteiger partial charge >= 0.3 is 0 Å². The van der Waals surface area contributed by atoms with Gasteiger partial charge in [0.1, 0.15) is 0 Å². The van der Waals surface area contributed by atoms with Crippen LogP contribution < -0.4 is 5.32 Å². The van der Waals surface area contributed by atoms with Gasteiger partial charge in [0.25, 0.3) is 0 Å². The van der Waals surface area contributed by atoms with Crippen molar-refractivity contribution in [2.75, 3.05) is 11.9 Å². The third-order valence-corrected chi connectivity index (χ3v) is 4.05. The maximum absolute atomic E-state index is 5.84. The molecule has 0 saturated carbocycles. The minimum absolute atomic E-state index is 0.365. The third kappa shape index (κ3) is 2.78. The highest BCUT2D eigenvalue weighted by molar-refractivity contribution is 5.90. The lowest BCUT2D eigenvalue weighted by Crippen LogP contribution is -2.36. The fraction of sp³-hybridized carbons (Fsp3) is 0.471. The zero-order valence-corrected chi connectivity index (χ0v) is 12.2. The predicted octanol–water partition coefficient (Wildman–Crippen LogP) is 3.85. The summed E-state index contributed by atoms with van der Waals surface area (Å²) in [7, 11) is 0. The summed E-state index contributed by atoms with van der Waals surface area (Å²) in [6, 6.07) is 10.9. The van der Waals surface area contributed by atoms with Crippen LogP contribution in [-0.2, 0) is 4.74 Å². The lowest BCUT2D eigenvalue weighted by Gasteiger charge is -2.33. The van der Waals surface area contributed by atoms with Gasteiger partial charge < -0.3 is 10.1 Å². The highest BCUT2D eigenvalue weighted by Gasteiger charge is 2.25. The first-order valence-electron chi connectivity index (χ1n) is 7.46. The number of nitrogens with one attached hydrogen (secondary N) is 1. The number of ether oxygens (including phenoxy) is 1. The van der Waals surface area contributed by atoms with Crippen molar-refractivity contribution in [1.29, 1.82) is 0 Å². The molecule has 1 aromatic heterocycles. The van der Waals surface area contributed by atoms with Gasteiger partial charge in [0.15, 0.2) is 0 Å². The van der Waals surface area contributed by atoms with Gasteiger partial charge in [0, 0.05) is 24.2 Å². The van der Waals surface area contributed by atoms with Gasteiger partial charge in [-0.1, -0.05) is 32.0 Å². The molecule has 3 rings (SSSR count). The van der Waals surface area contributed by atoms with E-state index in [1.54, 1.807) is 0 Å². The van der Waals surface area contributed by atoms with Crippen LogP contribution in [0.25, 0.3) is 10.9 Å². The number of rotatable bonds is 3. The van der Waals surface area contributed by atoms with E-state index in [2.05, 4.69) is 48.4 Å². The van der Waals surface area contributed by atoms with Crippen LogP contribution in [0.5, 0.6) is 0 Å². The fourth-order valence-corrected chi connectivity index (χ4v) is 2.86. The molecule has 1 saturated heterocycles. The van der Waals surface area contributed by atoms with Crippen molar-refractivity contribution >= 4 is 16.6 Å². The van der Waals surface area contributed by atoms with E-state index in [1.807, 2.05) is 12.3 Å². The summed E-state index contributed by atoms with van der Waals surface area (Å²) in [5, 5.41) is 4.85. The van der Waals surface area contributed by atoms with Crippen LogP contribution in [0.15, 0.2) is 36.5 Å². The van der Waals surface area contributed by atoms with E-state index < -0.39 is 0 Å². The summed E-state index contributed by atoms with van der Waals surface area (Å²) in [5.41, 5.74) is 2.19. The second-order valence-electron chi connectivity index (χ2n) is 5.90. The molecule has 2 unspecified atom stereocenters. The van der Waals surface area contributed by atoms with Crippen LogP contribution in [-0.4, -0.2) is 23.7 Å². The molecule has 3 nitrogen and oxygen atoms in total. The van der Waals surface area contributed by atoms with Crippen LogP contribution in [0.2, 0.25) is 0 Å². The predicted molar refractivity (Wildman–Crippen MR) is 83.0 cm³/mol. The Morgan fingerprint density at radius 1 is 1.25 bits per heavy atom. The topological polar surface area (TPSA) is 34.2 Å². The number of benzene rings is 1. The molecule has 1 aliphatic heterocycles. The van der Waals surface area contributed by atoms with Crippen molar-refractivity contribution in [3.8, 4) is 0 Å². The van der Waals surface area contributed by atoms with Crippen molar-refractivity contribution in [1.82, 2.24) is 4.98 Å². The number of aromatic nitrogens is 1. The Morgan fingerprint density at radius 3 is 2.95 bits per heavy atom. The van der Waals surface area contributed by atoms with Gasteiger partial charge in [-0.25, -0.2) is 0 Å². The lowest BCUT2D eigenvalue weighted by molar-refractivity contribution is -0.0160. The molecule has 0 amide bonds. The number of pyridine rings is 1. The first-order valence-corrected chi connectivity index (χ1v) is 7.46. The summed E-state index contributed by atoms with van der Waals surface area (Å²) >= 11 is 0. The van der Waals surface area contributed by atoms with E-state index in [9.17, 15) is 0 Å². The van der Waals surface area contributed by atoms with E-state index >= 15 is 0 Å². The number of fused-ring (bicyclic) bond motifs is 1. The van der Waals surface area contributed by atoms with Crippen molar-refractivity contribution < 1.29 is 4.74 Å². The number of para-hydroxylation sites is 1. The van der Waals surface area contributed by atoms with Gasteiger partial charge in [-0.3, -0.25) is 4.98 Å². The summed E-state index contributed by atoms with van der Waals surface area (Å²) in [5.74, 6) is 0.574.